The molecule has 3 nitrogen and oxygen atoms in total. The minimum atomic E-state index is -0.381. The van der Waals surface area contributed by atoms with E-state index >= 15 is 0 Å². The molecule has 0 bridgehead atoms. The van der Waals surface area contributed by atoms with E-state index < -0.39 is 0 Å². The highest BCUT2D eigenvalue weighted by molar-refractivity contribution is 5.80. The summed E-state index contributed by atoms with van der Waals surface area (Å²) in [6, 6.07) is 17.5. The topological polar surface area (TPSA) is 38.3 Å². The second kappa shape index (κ2) is 7.48. The summed E-state index contributed by atoms with van der Waals surface area (Å²) >= 11 is 0. The van der Waals surface area contributed by atoms with Gasteiger partial charge in [0.15, 0.2) is 0 Å². The molecule has 0 radical (unpaired) electrons. The number of carbonyl (C=O) groups is 1. The van der Waals surface area contributed by atoms with Gasteiger partial charge in [-0.3, -0.25) is 0 Å². The van der Waals surface area contributed by atoms with Gasteiger partial charge < -0.3 is 10.1 Å². The lowest BCUT2D eigenvalue weighted by Gasteiger charge is -2.19. The highest BCUT2D eigenvalue weighted by Crippen LogP contribution is 2.17. The molecule has 2 aromatic carbocycles. The first-order valence-corrected chi connectivity index (χ1v) is 7.23. The number of rotatable bonds is 6. The molecule has 0 aliphatic heterocycles. The fourth-order valence-corrected chi connectivity index (χ4v) is 2.21. The maximum Gasteiger partial charge on any atom is 0.328 e. The first-order chi connectivity index (χ1) is 10.2. The fraction of sp³-hybridized carbons (Fsp3) is 0.278. The van der Waals surface area contributed by atoms with E-state index in [1.165, 1.54) is 0 Å². The highest BCUT2D eigenvalue weighted by atomic mass is 16.5. The van der Waals surface area contributed by atoms with Gasteiger partial charge in [-0.2, -0.15) is 0 Å². The van der Waals surface area contributed by atoms with E-state index in [4.69, 9.17) is 4.74 Å². The molecule has 0 saturated heterocycles. The molecule has 110 valence electrons. The molecule has 1 atom stereocenters. The highest BCUT2D eigenvalue weighted by Gasteiger charge is 2.20. The Labute approximate surface area is 126 Å². The molecule has 0 spiro atoms. The zero-order valence-corrected chi connectivity index (χ0v) is 12.5. The number of esters is 1. The summed E-state index contributed by atoms with van der Waals surface area (Å²) in [5.74, 6) is -0.218. The van der Waals surface area contributed by atoms with E-state index in [-0.39, 0.29) is 12.0 Å². The quantitative estimate of drug-likeness (QED) is 0.823. The molecule has 0 amide bonds. The zero-order chi connectivity index (χ0) is 15.1. The first-order valence-electron chi connectivity index (χ1n) is 7.23. The molecule has 2 aromatic rings. The average Bonchev–Trinajstić information content (AvgIpc) is 2.50. The van der Waals surface area contributed by atoms with Crippen molar-refractivity contribution in [2.24, 2.45) is 0 Å². The van der Waals surface area contributed by atoms with Crippen LogP contribution in [-0.4, -0.2) is 18.6 Å². The van der Waals surface area contributed by atoms with Crippen molar-refractivity contribution < 1.29 is 9.53 Å². The molecule has 1 unspecified atom stereocenters. The van der Waals surface area contributed by atoms with Crippen molar-refractivity contribution in [3.8, 4) is 0 Å². The molecule has 0 aliphatic rings. The van der Waals surface area contributed by atoms with E-state index in [2.05, 4.69) is 5.32 Å². The zero-order valence-electron chi connectivity index (χ0n) is 12.5. The molecule has 3 heteroatoms. The Bertz CT molecular complexity index is 581. The molecular weight excluding hydrogens is 262 g/mol. The minimum absolute atomic E-state index is 0.218. The summed E-state index contributed by atoms with van der Waals surface area (Å²) in [5, 5.41) is 3.31. The third-order valence-corrected chi connectivity index (χ3v) is 3.33. The molecule has 1 N–H and O–H groups in total. The van der Waals surface area contributed by atoms with Gasteiger partial charge in [0, 0.05) is 12.1 Å². The van der Waals surface area contributed by atoms with Crippen molar-refractivity contribution in [3.63, 3.8) is 0 Å². The van der Waals surface area contributed by atoms with Gasteiger partial charge in [0.1, 0.15) is 6.04 Å². The van der Waals surface area contributed by atoms with Crippen LogP contribution in [0.25, 0.3) is 0 Å². The Balaban J connectivity index is 2.16. The van der Waals surface area contributed by atoms with Crippen molar-refractivity contribution in [2.45, 2.75) is 26.3 Å². The van der Waals surface area contributed by atoms with Crippen LogP contribution in [0.5, 0.6) is 0 Å². The van der Waals surface area contributed by atoms with Crippen LogP contribution in [0.2, 0.25) is 0 Å². The number of para-hydroxylation sites is 1. The number of aryl methyl sites for hydroxylation is 1. The fourth-order valence-electron chi connectivity index (χ4n) is 2.21. The van der Waals surface area contributed by atoms with Gasteiger partial charge in [0.25, 0.3) is 0 Å². The van der Waals surface area contributed by atoms with Crippen LogP contribution in [0.4, 0.5) is 5.69 Å². The monoisotopic (exact) mass is 283 g/mol. The average molecular weight is 283 g/mol. The number of anilines is 1. The van der Waals surface area contributed by atoms with Crippen LogP contribution in [0, 0.1) is 6.92 Å². The van der Waals surface area contributed by atoms with E-state index in [9.17, 15) is 4.79 Å². The predicted octanol–water partition coefficient (Wildman–Crippen LogP) is 3.58. The van der Waals surface area contributed by atoms with Gasteiger partial charge in [-0.05, 0) is 31.0 Å². The Kier molecular flexibility index (Phi) is 5.38. The molecular formula is C18H21NO2. The normalized spacial score (nSPS) is 11.7. The van der Waals surface area contributed by atoms with Crippen LogP contribution in [0.3, 0.4) is 0 Å². The van der Waals surface area contributed by atoms with Crippen molar-refractivity contribution in [3.05, 3.63) is 65.7 Å². The van der Waals surface area contributed by atoms with Crippen LogP contribution >= 0.6 is 0 Å². The molecule has 21 heavy (non-hydrogen) atoms. The predicted molar refractivity (Wildman–Crippen MR) is 85.4 cm³/mol. The van der Waals surface area contributed by atoms with E-state index in [0.29, 0.717) is 13.0 Å². The molecule has 0 saturated carbocycles. The standard InChI is InChI=1S/C18H21NO2/c1-3-21-18(20)17(13-15-10-5-4-6-11-15)19-16-12-8-7-9-14(16)2/h4-12,17,19H,3,13H2,1-2H3. The Morgan fingerprint density at radius 3 is 2.43 bits per heavy atom. The maximum absolute atomic E-state index is 12.2. The summed E-state index contributed by atoms with van der Waals surface area (Å²) in [5.41, 5.74) is 3.18. The summed E-state index contributed by atoms with van der Waals surface area (Å²) in [7, 11) is 0. The van der Waals surface area contributed by atoms with Crippen LogP contribution in [0.1, 0.15) is 18.1 Å². The number of hydrogen-bond donors (Lipinski definition) is 1. The van der Waals surface area contributed by atoms with E-state index in [0.717, 1.165) is 16.8 Å². The summed E-state index contributed by atoms with van der Waals surface area (Å²) in [6.07, 6.45) is 0.605. The van der Waals surface area contributed by atoms with E-state index in [1.54, 1.807) is 0 Å². The molecule has 0 aliphatic carbocycles. The number of nitrogens with one attached hydrogen (secondary N) is 1. The Morgan fingerprint density at radius 2 is 1.76 bits per heavy atom. The number of carbonyl (C=O) groups excluding carboxylic acids is 1. The second-order valence-electron chi connectivity index (χ2n) is 4.95. The lowest BCUT2D eigenvalue weighted by molar-refractivity contribution is -0.144. The lowest BCUT2D eigenvalue weighted by atomic mass is 10.0. The summed E-state index contributed by atoms with van der Waals surface area (Å²) in [4.78, 5) is 12.2. The first kappa shape index (κ1) is 15.1. The Hall–Kier alpha value is -2.29. The number of hydrogen-bond acceptors (Lipinski definition) is 3. The summed E-state index contributed by atoms with van der Waals surface area (Å²) < 4.78 is 5.19. The van der Waals surface area contributed by atoms with Gasteiger partial charge in [-0.25, -0.2) is 4.79 Å². The third kappa shape index (κ3) is 4.35. The smallest absolute Gasteiger partial charge is 0.328 e. The minimum Gasteiger partial charge on any atom is -0.464 e. The van der Waals surface area contributed by atoms with Gasteiger partial charge in [-0.1, -0.05) is 48.5 Å². The molecule has 2 rings (SSSR count). The summed E-state index contributed by atoms with van der Waals surface area (Å²) in [6.45, 7) is 4.23. The van der Waals surface area contributed by atoms with Crippen LogP contribution in [0.15, 0.2) is 54.6 Å². The second-order valence-corrected chi connectivity index (χ2v) is 4.95. The van der Waals surface area contributed by atoms with Crippen LogP contribution in [-0.2, 0) is 16.0 Å². The third-order valence-electron chi connectivity index (χ3n) is 3.33. The van der Waals surface area contributed by atoms with Crippen molar-refractivity contribution in [2.75, 3.05) is 11.9 Å². The number of benzene rings is 2. The van der Waals surface area contributed by atoms with E-state index in [1.807, 2.05) is 68.4 Å². The van der Waals surface area contributed by atoms with Gasteiger partial charge >= 0.3 is 5.97 Å². The van der Waals surface area contributed by atoms with Gasteiger partial charge in [0.05, 0.1) is 6.61 Å². The Morgan fingerprint density at radius 1 is 1.10 bits per heavy atom. The molecule has 0 heterocycles. The number of ether oxygens (including phenoxy) is 1. The lowest BCUT2D eigenvalue weighted by Crippen LogP contribution is -2.33. The van der Waals surface area contributed by atoms with Crippen LogP contribution < -0.4 is 5.32 Å². The van der Waals surface area contributed by atoms with Crippen molar-refractivity contribution >= 4 is 11.7 Å². The van der Waals surface area contributed by atoms with Crippen molar-refractivity contribution in [1.82, 2.24) is 0 Å². The molecule has 0 aromatic heterocycles. The van der Waals surface area contributed by atoms with Gasteiger partial charge in [0.2, 0.25) is 0 Å². The van der Waals surface area contributed by atoms with Crippen molar-refractivity contribution in [1.29, 1.82) is 0 Å². The van der Waals surface area contributed by atoms with Gasteiger partial charge in [-0.15, -0.1) is 0 Å². The SMILES string of the molecule is CCOC(=O)C(Cc1ccccc1)Nc1ccccc1C. The maximum atomic E-state index is 12.2. The molecule has 0 fully saturated rings. The largest absolute Gasteiger partial charge is 0.464 e.